The second kappa shape index (κ2) is 5.87. The third-order valence-corrected chi connectivity index (χ3v) is 3.76. The second-order valence-electron chi connectivity index (χ2n) is 4.10. The molecule has 0 fully saturated rings. The number of aryl methyl sites for hydroxylation is 1. The molecule has 2 rings (SSSR count). The first-order valence-corrected chi connectivity index (χ1v) is 7.03. The van der Waals surface area contributed by atoms with Crippen molar-refractivity contribution >= 4 is 27.5 Å². The Morgan fingerprint density at radius 1 is 1.44 bits per heavy atom. The Bertz CT molecular complexity index is 539. The highest BCUT2D eigenvalue weighted by Crippen LogP contribution is 2.30. The second-order valence-corrected chi connectivity index (χ2v) is 5.36. The Kier molecular flexibility index (Phi) is 4.43. The van der Waals surface area contributed by atoms with Crippen LogP contribution in [0.25, 0.3) is 0 Å². The van der Waals surface area contributed by atoms with Crippen molar-refractivity contribution < 1.29 is 0 Å². The van der Waals surface area contributed by atoms with Gasteiger partial charge in [-0.3, -0.25) is 4.68 Å². The fourth-order valence-electron chi connectivity index (χ4n) is 1.95. The first-order chi connectivity index (χ1) is 8.65. The highest BCUT2D eigenvalue weighted by atomic mass is 79.9. The molecule has 1 aromatic carbocycles. The molecule has 1 unspecified atom stereocenters. The molecule has 3 nitrogen and oxygen atoms in total. The van der Waals surface area contributed by atoms with E-state index in [1.807, 2.05) is 28.9 Å². The van der Waals surface area contributed by atoms with Gasteiger partial charge in [-0.05, 0) is 34.0 Å². The van der Waals surface area contributed by atoms with Gasteiger partial charge in [0.05, 0.1) is 22.4 Å². The van der Waals surface area contributed by atoms with Crippen LogP contribution in [0, 0.1) is 0 Å². The van der Waals surface area contributed by atoms with E-state index in [2.05, 4.69) is 28.0 Å². The molecule has 0 radical (unpaired) electrons. The lowest BCUT2D eigenvalue weighted by atomic mass is 10.0. The SMILES string of the molecule is CCCn1ncc(Br)c1C(N)c1ccccc1Cl. The van der Waals surface area contributed by atoms with Crippen LogP contribution in [0.4, 0.5) is 0 Å². The molecular weight excluding hydrogens is 314 g/mol. The van der Waals surface area contributed by atoms with Crippen molar-refractivity contribution in [3.8, 4) is 0 Å². The van der Waals surface area contributed by atoms with Crippen LogP contribution in [0.5, 0.6) is 0 Å². The zero-order chi connectivity index (χ0) is 13.1. The van der Waals surface area contributed by atoms with Crippen LogP contribution in [-0.2, 0) is 6.54 Å². The Morgan fingerprint density at radius 3 is 2.83 bits per heavy atom. The molecule has 1 aromatic heterocycles. The molecule has 0 aliphatic heterocycles. The molecule has 0 spiro atoms. The van der Waals surface area contributed by atoms with E-state index in [1.165, 1.54) is 0 Å². The molecule has 18 heavy (non-hydrogen) atoms. The zero-order valence-electron chi connectivity index (χ0n) is 10.1. The van der Waals surface area contributed by atoms with Crippen molar-refractivity contribution in [2.45, 2.75) is 25.9 Å². The van der Waals surface area contributed by atoms with E-state index in [-0.39, 0.29) is 6.04 Å². The van der Waals surface area contributed by atoms with E-state index in [1.54, 1.807) is 6.20 Å². The quantitative estimate of drug-likeness (QED) is 0.928. The molecule has 0 bridgehead atoms. The topological polar surface area (TPSA) is 43.8 Å². The van der Waals surface area contributed by atoms with Gasteiger partial charge in [0.15, 0.2) is 0 Å². The Labute approximate surface area is 120 Å². The number of hydrogen-bond donors (Lipinski definition) is 1. The lowest BCUT2D eigenvalue weighted by molar-refractivity contribution is 0.559. The van der Waals surface area contributed by atoms with Crippen molar-refractivity contribution in [2.24, 2.45) is 5.73 Å². The molecule has 0 amide bonds. The van der Waals surface area contributed by atoms with E-state index in [9.17, 15) is 0 Å². The molecule has 0 aliphatic carbocycles. The highest BCUT2D eigenvalue weighted by Gasteiger charge is 2.19. The summed E-state index contributed by atoms with van der Waals surface area (Å²) in [6.45, 7) is 2.96. The van der Waals surface area contributed by atoms with Gasteiger partial charge in [-0.2, -0.15) is 5.10 Å². The van der Waals surface area contributed by atoms with Gasteiger partial charge in [-0.15, -0.1) is 0 Å². The van der Waals surface area contributed by atoms with Gasteiger partial charge in [0.1, 0.15) is 0 Å². The fraction of sp³-hybridized carbons (Fsp3) is 0.308. The van der Waals surface area contributed by atoms with Crippen molar-refractivity contribution in [3.63, 3.8) is 0 Å². The fourth-order valence-corrected chi connectivity index (χ4v) is 2.74. The van der Waals surface area contributed by atoms with Gasteiger partial charge >= 0.3 is 0 Å². The summed E-state index contributed by atoms with van der Waals surface area (Å²) in [5.74, 6) is 0. The van der Waals surface area contributed by atoms with Crippen molar-refractivity contribution in [2.75, 3.05) is 0 Å². The van der Waals surface area contributed by atoms with Crippen LogP contribution in [0.2, 0.25) is 5.02 Å². The van der Waals surface area contributed by atoms with Gasteiger partial charge in [0.2, 0.25) is 0 Å². The zero-order valence-corrected chi connectivity index (χ0v) is 12.4. The van der Waals surface area contributed by atoms with Crippen molar-refractivity contribution in [3.05, 3.63) is 51.2 Å². The Hall–Kier alpha value is -0.840. The summed E-state index contributed by atoms with van der Waals surface area (Å²) < 4.78 is 2.85. The Morgan fingerprint density at radius 2 is 2.17 bits per heavy atom. The largest absolute Gasteiger partial charge is 0.319 e. The number of nitrogens with zero attached hydrogens (tertiary/aromatic N) is 2. The minimum atomic E-state index is -0.276. The first-order valence-electron chi connectivity index (χ1n) is 5.86. The van der Waals surface area contributed by atoms with Crippen LogP contribution < -0.4 is 5.73 Å². The summed E-state index contributed by atoms with van der Waals surface area (Å²) in [7, 11) is 0. The van der Waals surface area contributed by atoms with E-state index in [0.717, 1.165) is 28.7 Å². The summed E-state index contributed by atoms with van der Waals surface area (Å²) in [6.07, 6.45) is 2.79. The number of benzene rings is 1. The minimum absolute atomic E-state index is 0.276. The van der Waals surface area contributed by atoms with Gasteiger partial charge in [-0.25, -0.2) is 0 Å². The van der Waals surface area contributed by atoms with E-state index < -0.39 is 0 Å². The minimum Gasteiger partial charge on any atom is -0.319 e. The van der Waals surface area contributed by atoms with Gasteiger partial charge in [-0.1, -0.05) is 36.7 Å². The molecular formula is C13H15BrClN3. The molecule has 1 heterocycles. The third-order valence-electron chi connectivity index (χ3n) is 2.80. The van der Waals surface area contributed by atoms with Crippen LogP contribution >= 0.6 is 27.5 Å². The molecule has 1 atom stereocenters. The van der Waals surface area contributed by atoms with Crippen LogP contribution in [0.15, 0.2) is 34.9 Å². The standard InChI is InChI=1S/C13H15BrClN3/c1-2-7-18-13(10(14)8-17-18)12(16)9-5-3-4-6-11(9)15/h3-6,8,12H,2,7,16H2,1H3. The number of rotatable bonds is 4. The lowest BCUT2D eigenvalue weighted by Gasteiger charge is -2.16. The maximum atomic E-state index is 6.32. The van der Waals surface area contributed by atoms with Crippen LogP contribution in [-0.4, -0.2) is 9.78 Å². The number of aromatic nitrogens is 2. The molecule has 5 heteroatoms. The van der Waals surface area contributed by atoms with Gasteiger partial charge < -0.3 is 5.73 Å². The molecule has 2 aromatic rings. The average Bonchev–Trinajstić information content (AvgIpc) is 2.71. The maximum absolute atomic E-state index is 6.32. The number of nitrogens with two attached hydrogens (primary N) is 1. The smallest absolute Gasteiger partial charge is 0.0749 e. The van der Waals surface area contributed by atoms with Crippen molar-refractivity contribution in [1.29, 1.82) is 0 Å². The maximum Gasteiger partial charge on any atom is 0.0749 e. The number of hydrogen-bond acceptors (Lipinski definition) is 2. The van der Waals surface area contributed by atoms with Gasteiger partial charge in [0.25, 0.3) is 0 Å². The molecule has 96 valence electrons. The average molecular weight is 329 g/mol. The molecule has 0 saturated heterocycles. The summed E-state index contributed by atoms with van der Waals surface area (Å²) in [5, 5.41) is 5.01. The summed E-state index contributed by atoms with van der Waals surface area (Å²) in [5.41, 5.74) is 8.20. The highest BCUT2D eigenvalue weighted by molar-refractivity contribution is 9.10. The van der Waals surface area contributed by atoms with Crippen LogP contribution in [0.3, 0.4) is 0 Å². The predicted molar refractivity (Wildman–Crippen MR) is 77.7 cm³/mol. The van der Waals surface area contributed by atoms with E-state index >= 15 is 0 Å². The summed E-state index contributed by atoms with van der Waals surface area (Å²) in [4.78, 5) is 0. The molecule has 0 aliphatic rings. The van der Waals surface area contributed by atoms with Crippen molar-refractivity contribution in [1.82, 2.24) is 9.78 Å². The first kappa shape index (κ1) is 13.6. The number of halogens is 2. The van der Waals surface area contributed by atoms with Crippen LogP contribution in [0.1, 0.15) is 30.6 Å². The summed E-state index contributed by atoms with van der Waals surface area (Å²) >= 11 is 9.70. The Balaban J connectivity index is 2.42. The normalized spacial score (nSPS) is 12.7. The predicted octanol–water partition coefficient (Wildman–Crippen LogP) is 3.76. The third kappa shape index (κ3) is 2.60. The lowest BCUT2D eigenvalue weighted by Crippen LogP contribution is -2.18. The summed E-state index contributed by atoms with van der Waals surface area (Å²) in [6, 6.07) is 7.36. The molecule has 0 saturated carbocycles. The van der Waals surface area contributed by atoms with E-state index in [0.29, 0.717) is 5.02 Å². The monoisotopic (exact) mass is 327 g/mol. The van der Waals surface area contributed by atoms with E-state index in [4.69, 9.17) is 17.3 Å². The van der Waals surface area contributed by atoms with Gasteiger partial charge in [0, 0.05) is 11.6 Å². The molecule has 2 N–H and O–H groups in total.